The van der Waals surface area contributed by atoms with Crippen molar-refractivity contribution in [3.8, 4) is 5.75 Å². The van der Waals surface area contributed by atoms with Crippen molar-refractivity contribution in [2.45, 2.75) is 46.1 Å². The molecule has 1 aromatic rings. The van der Waals surface area contributed by atoms with Gasteiger partial charge in [-0.15, -0.1) is 0 Å². The minimum atomic E-state index is -0.409. The zero-order valence-corrected chi connectivity index (χ0v) is 12.8. The average Bonchev–Trinajstić information content (AvgIpc) is 2.47. The van der Waals surface area contributed by atoms with Crippen molar-refractivity contribution in [1.29, 1.82) is 0 Å². The van der Waals surface area contributed by atoms with Crippen molar-refractivity contribution in [3.05, 3.63) is 29.8 Å². The summed E-state index contributed by atoms with van der Waals surface area (Å²) in [6.07, 6.45) is 2.93. The number of hydrogen-bond acceptors (Lipinski definition) is 2. The van der Waals surface area contributed by atoms with Gasteiger partial charge in [-0.25, -0.2) is 0 Å². The molecule has 1 aliphatic rings. The SMILES string of the molecule is CCc1ccc(OC(C)C(=O)N2CCCC(C)C2)cc1. The molecule has 110 valence electrons. The molecular formula is C17H25NO2. The molecule has 2 unspecified atom stereocenters. The maximum Gasteiger partial charge on any atom is 0.263 e. The van der Waals surface area contributed by atoms with Gasteiger partial charge >= 0.3 is 0 Å². The molecule has 1 aliphatic heterocycles. The third kappa shape index (κ3) is 3.75. The van der Waals surface area contributed by atoms with Gasteiger partial charge in [-0.1, -0.05) is 26.0 Å². The number of benzene rings is 1. The topological polar surface area (TPSA) is 29.5 Å². The second-order valence-corrected chi connectivity index (χ2v) is 5.79. The van der Waals surface area contributed by atoms with Gasteiger partial charge in [0.2, 0.25) is 0 Å². The van der Waals surface area contributed by atoms with E-state index in [2.05, 4.69) is 26.0 Å². The fourth-order valence-electron chi connectivity index (χ4n) is 2.70. The van der Waals surface area contributed by atoms with Crippen molar-refractivity contribution in [3.63, 3.8) is 0 Å². The van der Waals surface area contributed by atoms with Gasteiger partial charge in [0.1, 0.15) is 5.75 Å². The summed E-state index contributed by atoms with van der Waals surface area (Å²) in [5.41, 5.74) is 1.28. The first-order chi connectivity index (χ1) is 9.60. The molecule has 1 aromatic carbocycles. The van der Waals surface area contributed by atoms with Crippen molar-refractivity contribution < 1.29 is 9.53 Å². The van der Waals surface area contributed by atoms with Gasteiger partial charge in [0, 0.05) is 13.1 Å². The fraction of sp³-hybridized carbons (Fsp3) is 0.588. The molecule has 0 saturated carbocycles. The largest absolute Gasteiger partial charge is 0.481 e. The first-order valence-electron chi connectivity index (χ1n) is 7.64. The third-order valence-corrected chi connectivity index (χ3v) is 3.96. The number of nitrogens with zero attached hydrogens (tertiary/aromatic N) is 1. The van der Waals surface area contributed by atoms with E-state index in [1.165, 1.54) is 12.0 Å². The summed E-state index contributed by atoms with van der Waals surface area (Å²) in [5, 5.41) is 0. The van der Waals surface area contributed by atoms with E-state index < -0.39 is 6.10 Å². The molecule has 2 rings (SSSR count). The predicted octanol–water partition coefficient (Wildman–Crippen LogP) is 3.27. The Morgan fingerprint density at radius 3 is 2.70 bits per heavy atom. The lowest BCUT2D eigenvalue weighted by molar-refractivity contribution is -0.139. The molecule has 0 aliphatic carbocycles. The normalized spacial score (nSPS) is 20.6. The number of carbonyl (C=O) groups is 1. The molecule has 0 radical (unpaired) electrons. The van der Waals surface area contributed by atoms with Crippen LogP contribution in [0, 0.1) is 5.92 Å². The third-order valence-electron chi connectivity index (χ3n) is 3.96. The van der Waals surface area contributed by atoms with Crippen molar-refractivity contribution >= 4 is 5.91 Å². The number of hydrogen-bond donors (Lipinski definition) is 0. The van der Waals surface area contributed by atoms with E-state index in [-0.39, 0.29) is 5.91 Å². The van der Waals surface area contributed by atoms with Gasteiger partial charge in [-0.3, -0.25) is 4.79 Å². The van der Waals surface area contributed by atoms with Crippen LogP contribution in [0.15, 0.2) is 24.3 Å². The van der Waals surface area contributed by atoms with Crippen LogP contribution in [-0.4, -0.2) is 30.0 Å². The van der Waals surface area contributed by atoms with Crippen LogP contribution < -0.4 is 4.74 Å². The monoisotopic (exact) mass is 275 g/mol. The summed E-state index contributed by atoms with van der Waals surface area (Å²) >= 11 is 0. The lowest BCUT2D eigenvalue weighted by Crippen LogP contribution is -2.45. The number of rotatable bonds is 4. The van der Waals surface area contributed by atoms with E-state index in [9.17, 15) is 4.79 Å². The summed E-state index contributed by atoms with van der Waals surface area (Å²) in [5.74, 6) is 1.48. The van der Waals surface area contributed by atoms with E-state index in [4.69, 9.17) is 4.74 Å². The van der Waals surface area contributed by atoms with Crippen LogP contribution in [0.25, 0.3) is 0 Å². The Labute approximate surface area is 121 Å². The van der Waals surface area contributed by atoms with Gasteiger partial charge in [0.25, 0.3) is 5.91 Å². The number of carbonyl (C=O) groups excluding carboxylic acids is 1. The molecule has 2 atom stereocenters. The highest BCUT2D eigenvalue weighted by atomic mass is 16.5. The van der Waals surface area contributed by atoms with E-state index in [1.54, 1.807) is 0 Å². The van der Waals surface area contributed by atoms with Crippen LogP contribution in [0.5, 0.6) is 5.75 Å². The Morgan fingerprint density at radius 1 is 1.40 bits per heavy atom. The average molecular weight is 275 g/mol. The first kappa shape index (κ1) is 14.9. The van der Waals surface area contributed by atoms with Crippen molar-refractivity contribution in [2.24, 2.45) is 5.92 Å². The minimum absolute atomic E-state index is 0.108. The Bertz CT molecular complexity index is 441. The van der Waals surface area contributed by atoms with Gasteiger partial charge < -0.3 is 9.64 Å². The molecular weight excluding hydrogens is 250 g/mol. The quantitative estimate of drug-likeness (QED) is 0.844. The Kier molecular flexibility index (Phi) is 5.05. The molecule has 1 fully saturated rings. The number of ether oxygens (including phenoxy) is 1. The van der Waals surface area contributed by atoms with Crippen LogP contribution in [0.2, 0.25) is 0 Å². The summed E-state index contributed by atoms with van der Waals surface area (Å²) in [4.78, 5) is 14.3. The molecule has 0 N–H and O–H groups in total. The molecule has 1 saturated heterocycles. The predicted molar refractivity (Wildman–Crippen MR) is 80.9 cm³/mol. The molecule has 0 aromatic heterocycles. The van der Waals surface area contributed by atoms with E-state index in [0.29, 0.717) is 5.92 Å². The standard InChI is InChI=1S/C17H25NO2/c1-4-15-7-9-16(10-8-15)20-14(3)17(19)18-11-5-6-13(2)12-18/h7-10,13-14H,4-6,11-12H2,1-3H3. The Morgan fingerprint density at radius 2 is 2.10 bits per heavy atom. The number of piperidine rings is 1. The van der Waals surface area contributed by atoms with Crippen LogP contribution in [-0.2, 0) is 11.2 Å². The molecule has 1 amide bonds. The molecule has 3 nitrogen and oxygen atoms in total. The molecule has 20 heavy (non-hydrogen) atoms. The fourth-order valence-corrected chi connectivity index (χ4v) is 2.70. The van der Waals surface area contributed by atoms with E-state index in [1.807, 2.05) is 24.0 Å². The van der Waals surface area contributed by atoms with Gasteiger partial charge in [0.15, 0.2) is 6.10 Å². The number of aryl methyl sites for hydroxylation is 1. The van der Waals surface area contributed by atoms with E-state index >= 15 is 0 Å². The van der Waals surface area contributed by atoms with Gasteiger partial charge in [0.05, 0.1) is 0 Å². The lowest BCUT2D eigenvalue weighted by atomic mass is 10.00. The summed E-state index contributed by atoms with van der Waals surface area (Å²) in [6, 6.07) is 7.99. The lowest BCUT2D eigenvalue weighted by Gasteiger charge is -2.32. The zero-order valence-electron chi connectivity index (χ0n) is 12.8. The smallest absolute Gasteiger partial charge is 0.263 e. The van der Waals surface area contributed by atoms with Gasteiger partial charge in [-0.05, 0) is 49.8 Å². The maximum absolute atomic E-state index is 12.4. The molecule has 0 bridgehead atoms. The Hall–Kier alpha value is -1.51. The number of likely N-dealkylation sites (tertiary alicyclic amines) is 1. The Balaban J connectivity index is 1.92. The first-order valence-corrected chi connectivity index (χ1v) is 7.64. The molecule has 0 spiro atoms. The number of amides is 1. The van der Waals surface area contributed by atoms with Crippen LogP contribution in [0.1, 0.15) is 39.2 Å². The molecule has 3 heteroatoms. The van der Waals surface area contributed by atoms with Crippen LogP contribution in [0.4, 0.5) is 0 Å². The highest BCUT2D eigenvalue weighted by molar-refractivity contribution is 5.81. The maximum atomic E-state index is 12.4. The minimum Gasteiger partial charge on any atom is -0.481 e. The molecule has 1 heterocycles. The van der Waals surface area contributed by atoms with Crippen LogP contribution in [0.3, 0.4) is 0 Å². The second-order valence-electron chi connectivity index (χ2n) is 5.79. The highest BCUT2D eigenvalue weighted by Gasteiger charge is 2.25. The summed E-state index contributed by atoms with van der Waals surface area (Å²) in [7, 11) is 0. The van der Waals surface area contributed by atoms with Crippen LogP contribution >= 0.6 is 0 Å². The van der Waals surface area contributed by atoms with E-state index in [0.717, 1.165) is 31.7 Å². The summed E-state index contributed by atoms with van der Waals surface area (Å²) < 4.78 is 5.77. The summed E-state index contributed by atoms with van der Waals surface area (Å²) in [6.45, 7) is 7.90. The van der Waals surface area contributed by atoms with Crippen molar-refractivity contribution in [2.75, 3.05) is 13.1 Å². The second kappa shape index (κ2) is 6.78. The zero-order chi connectivity index (χ0) is 14.5. The van der Waals surface area contributed by atoms with Crippen molar-refractivity contribution in [1.82, 2.24) is 4.90 Å². The highest BCUT2D eigenvalue weighted by Crippen LogP contribution is 2.19. The van der Waals surface area contributed by atoms with Gasteiger partial charge in [-0.2, -0.15) is 0 Å².